The van der Waals surface area contributed by atoms with E-state index in [1.165, 1.54) is 0 Å². The number of ether oxygens (including phenoxy) is 3. The van der Waals surface area contributed by atoms with E-state index in [9.17, 15) is 35.1 Å². The number of rotatable bonds is 9. The number of hydrogen-bond donors (Lipinski definition) is 0. The van der Waals surface area contributed by atoms with Crippen LogP contribution in [0.25, 0.3) is 0 Å². The van der Waals surface area contributed by atoms with Crippen molar-refractivity contribution in [2.24, 2.45) is 17.8 Å². The lowest BCUT2D eigenvalue weighted by Crippen LogP contribution is -2.34. The fraction of sp³-hybridized carbons (Fsp3) is 0.571. The largest absolute Gasteiger partial charge is 0.432 e. The Morgan fingerprint density at radius 3 is 1.92 bits per heavy atom. The number of hydrogen-bond acceptors (Lipinski definition) is 3. The Morgan fingerprint density at radius 2 is 1.38 bits per heavy atom. The number of halogens is 8. The summed E-state index contributed by atoms with van der Waals surface area (Å²) in [6, 6.07) is 3.67. The fourth-order valence-corrected chi connectivity index (χ4v) is 5.38. The molecule has 0 amide bonds. The molecule has 0 N–H and O–H groups in total. The van der Waals surface area contributed by atoms with Gasteiger partial charge in [0.25, 0.3) is 0 Å². The summed E-state index contributed by atoms with van der Waals surface area (Å²) in [4.78, 5) is 0. The summed E-state index contributed by atoms with van der Waals surface area (Å²) in [6.45, 7) is 0.294. The monoisotopic (exact) mass is 566 g/mol. The standard InChI is InChI=1S/C28H30F8O3/c29-12-2-1-3-17-4-6-18(7-5-17)20-15-37-26(38-16-20)19-13-23(30)25(24(31)14-19)28(35,36)39-22-10-8-21(9-11-22)27(32,33)34/h8-11,13-14,17-18,20,26H,1-7,12,15-16H2. The zero-order chi connectivity index (χ0) is 28.2. The number of alkyl halides is 6. The van der Waals surface area contributed by atoms with Crippen molar-refractivity contribution in [2.45, 2.75) is 63.5 Å². The first-order valence-corrected chi connectivity index (χ1v) is 13.0. The van der Waals surface area contributed by atoms with Gasteiger partial charge in [0.1, 0.15) is 22.9 Å². The van der Waals surface area contributed by atoms with E-state index < -0.39 is 47.1 Å². The Balaban J connectivity index is 1.34. The van der Waals surface area contributed by atoms with E-state index in [0.29, 0.717) is 67.9 Å². The highest BCUT2D eigenvalue weighted by atomic mass is 19.4. The zero-order valence-corrected chi connectivity index (χ0v) is 21.1. The number of unbranched alkanes of at least 4 members (excludes halogenated alkanes) is 1. The van der Waals surface area contributed by atoms with Gasteiger partial charge in [-0.3, -0.25) is 4.39 Å². The summed E-state index contributed by atoms with van der Waals surface area (Å²) in [5.41, 5.74) is -2.88. The molecule has 1 saturated carbocycles. The minimum Gasteiger partial charge on any atom is -0.429 e. The van der Waals surface area contributed by atoms with Gasteiger partial charge in [-0.1, -0.05) is 25.7 Å². The lowest BCUT2D eigenvalue weighted by molar-refractivity contribution is -0.215. The van der Waals surface area contributed by atoms with Crippen molar-refractivity contribution in [1.29, 1.82) is 0 Å². The van der Waals surface area contributed by atoms with Crippen molar-refractivity contribution in [1.82, 2.24) is 0 Å². The van der Waals surface area contributed by atoms with Gasteiger partial charge in [0.15, 0.2) is 6.29 Å². The van der Waals surface area contributed by atoms with Crippen molar-refractivity contribution in [3.8, 4) is 5.75 Å². The van der Waals surface area contributed by atoms with Gasteiger partial charge >= 0.3 is 12.3 Å². The molecule has 2 aliphatic rings. The molecule has 1 aliphatic carbocycles. The molecule has 2 fully saturated rings. The van der Waals surface area contributed by atoms with E-state index in [1.54, 1.807) is 0 Å². The molecule has 2 aromatic rings. The van der Waals surface area contributed by atoms with Crippen LogP contribution >= 0.6 is 0 Å². The molecule has 3 nitrogen and oxygen atoms in total. The first-order valence-electron chi connectivity index (χ1n) is 13.0. The molecule has 1 saturated heterocycles. The van der Waals surface area contributed by atoms with Crippen molar-refractivity contribution in [3.63, 3.8) is 0 Å². The minimum atomic E-state index is -4.69. The maximum Gasteiger partial charge on any atom is 0.432 e. The van der Waals surface area contributed by atoms with Gasteiger partial charge in [-0.15, -0.1) is 0 Å². The molecule has 0 radical (unpaired) electrons. The van der Waals surface area contributed by atoms with Crippen LogP contribution in [0.3, 0.4) is 0 Å². The third kappa shape index (κ3) is 7.42. The highest BCUT2D eigenvalue weighted by molar-refractivity contribution is 5.33. The number of benzene rings is 2. The van der Waals surface area contributed by atoms with E-state index in [2.05, 4.69) is 4.74 Å². The molecular formula is C28H30F8O3. The van der Waals surface area contributed by atoms with Crippen LogP contribution in [0.2, 0.25) is 0 Å². The molecule has 4 rings (SSSR count). The predicted molar refractivity (Wildman–Crippen MR) is 126 cm³/mol. The second kappa shape index (κ2) is 12.4. The first kappa shape index (κ1) is 29.6. The Labute approximate surface area is 221 Å². The van der Waals surface area contributed by atoms with E-state index in [1.807, 2.05) is 0 Å². The summed E-state index contributed by atoms with van der Waals surface area (Å²) in [7, 11) is 0. The van der Waals surface area contributed by atoms with E-state index >= 15 is 0 Å². The smallest absolute Gasteiger partial charge is 0.429 e. The van der Waals surface area contributed by atoms with Crippen molar-refractivity contribution in [2.75, 3.05) is 19.9 Å². The maximum atomic E-state index is 14.7. The molecule has 0 bridgehead atoms. The van der Waals surface area contributed by atoms with Crippen molar-refractivity contribution < 1.29 is 49.3 Å². The third-order valence-electron chi connectivity index (χ3n) is 7.53. The van der Waals surface area contributed by atoms with Crippen LogP contribution in [-0.4, -0.2) is 19.9 Å². The lowest BCUT2D eigenvalue weighted by atomic mass is 9.74. The highest BCUT2D eigenvalue weighted by Gasteiger charge is 2.42. The van der Waals surface area contributed by atoms with Gasteiger partial charge in [-0.25, -0.2) is 8.78 Å². The molecule has 1 aliphatic heterocycles. The van der Waals surface area contributed by atoms with Gasteiger partial charge < -0.3 is 14.2 Å². The lowest BCUT2D eigenvalue weighted by Gasteiger charge is -2.38. The molecule has 216 valence electrons. The maximum absolute atomic E-state index is 14.7. The van der Waals surface area contributed by atoms with Gasteiger partial charge in [-0.05, 0) is 67.5 Å². The summed E-state index contributed by atoms with van der Waals surface area (Å²) < 4.78 is 125. The van der Waals surface area contributed by atoms with E-state index in [4.69, 9.17) is 9.47 Å². The molecule has 0 unspecified atom stereocenters. The average molecular weight is 567 g/mol. The van der Waals surface area contributed by atoms with E-state index in [-0.39, 0.29) is 18.2 Å². The van der Waals surface area contributed by atoms with Crippen LogP contribution in [0.1, 0.15) is 67.9 Å². The zero-order valence-electron chi connectivity index (χ0n) is 21.1. The van der Waals surface area contributed by atoms with Crippen LogP contribution in [0, 0.1) is 29.4 Å². The van der Waals surface area contributed by atoms with Gasteiger partial charge in [0, 0.05) is 11.5 Å². The third-order valence-corrected chi connectivity index (χ3v) is 7.53. The van der Waals surface area contributed by atoms with Crippen LogP contribution in [0.15, 0.2) is 36.4 Å². The van der Waals surface area contributed by atoms with Crippen LogP contribution < -0.4 is 4.74 Å². The van der Waals surface area contributed by atoms with Crippen molar-refractivity contribution in [3.05, 3.63) is 64.7 Å². The molecular weight excluding hydrogens is 536 g/mol. The van der Waals surface area contributed by atoms with Gasteiger partial charge in [-0.2, -0.15) is 22.0 Å². The minimum absolute atomic E-state index is 0.100. The Hall–Kier alpha value is -2.40. The summed E-state index contributed by atoms with van der Waals surface area (Å²) in [5.74, 6) is -2.85. The molecule has 1 heterocycles. The van der Waals surface area contributed by atoms with Crippen LogP contribution in [0.5, 0.6) is 5.75 Å². The molecule has 0 aromatic heterocycles. The molecule has 39 heavy (non-hydrogen) atoms. The second-order valence-electron chi connectivity index (χ2n) is 10.2. The normalized spacial score (nSPS) is 24.5. The SMILES string of the molecule is FCCCCC1CCC(C2COC(c3cc(F)c(C(F)(F)Oc4ccc(C(F)(F)F)cc4)c(F)c3)OC2)CC1. The molecule has 0 atom stereocenters. The van der Waals surface area contributed by atoms with Crippen molar-refractivity contribution >= 4 is 0 Å². The second-order valence-corrected chi connectivity index (χ2v) is 10.2. The molecule has 0 spiro atoms. The topological polar surface area (TPSA) is 27.7 Å². The highest BCUT2D eigenvalue weighted by Crippen LogP contribution is 2.41. The summed E-state index contributed by atoms with van der Waals surface area (Å²) in [5, 5.41) is 0. The van der Waals surface area contributed by atoms with Gasteiger partial charge in [0.05, 0.1) is 25.5 Å². The summed E-state index contributed by atoms with van der Waals surface area (Å²) in [6.07, 6.45) is -3.72. The quantitative estimate of drug-likeness (QED) is 0.225. The average Bonchev–Trinajstić information content (AvgIpc) is 2.88. The molecule has 2 aromatic carbocycles. The fourth-order valence-electron chi connectivity index (χ4n) is 5.38. The Bertz CT molecular complexity index is 1050. The van der Waals surface area contributed by atoms with E-state index in [0.717, 1.165) is 38.5 Å². The Kier molecular flexibility index (Phi) is 9.41. The summed E-state index contributed by atoms with van der Waals surface area (Å²) >= 11 is 0. The first-order chi connectivity index (χ1) is 18.5. The van der Waals surface area contributed by atoms with Crippen LogP contribution in [0.4, 0.5) is 35.1 Å². The Morgan fingerprint density at radius 1 is 0.795 bits per heavy atom. The predicted octanol–water partition coefficient (Wildman–Crippen LogP) is 8.72. The van der Waals surface area contributed by atoms with Gasteiger partial charge in [0.2, 0.25) is 0 Å². The van der Waals surface area contributed by atoms with Crippen LogP contribution in [-0.2, 0) is 21.8 Å². The molecule has 11 heteroatoms.